The second-order valence-corrected chi connectivity index (χ2v) is 26.4. The molecule has 0 atom stereocenters. The van der Waals surface area contributed by atoms with Crippen LogP contribution in [0.25, 0.3) is 131 Å². The quantitative estimate of drug-likeness (QED) is 0.112. The van der Waals surface area contributed by atoms with Gasteiger partial charge in [0.25, 0.3) is 20.2 Å². The monoisotopic (exact) mass is 1170 g/mol. The van der Waals surface area contributed by atoms with Gasteiger partial charge in [0, 0.05) is 44.4 Å². The summed E-state index contributed by atoms with van der Waals surface area (Å²) in [4.78, 5) is 0. The van der Waals surface area contributed by atoms with Crippen LogP contribution in [0.3, 0.4) is 0 Å². The first kappa shape index (κ1) is 55.2. The molecule has 6 heteroatoms. The Bertz CT molecular complexity index is 5650. The average molecular weight is 1170 g/mol. The highest BCUT2D eigenvalue weighted by molar-refractivity contribution is 6.13. The minimum atomic E-state index is -0.0995. The molecule has 6 nitrogen and oxygen atoms in total. The normalized spacial score (nSPS) is 15.1. The molecule has 3 aromatic heterocycles. The minimum absolute atomic E-state index is 0. The first-order valence-corrected chi connectivity index (χ1v) is 30.7. The van der Waals surface area contributed by atoms with Gasteiger partial charge in [-0.15, -0.1) is 0 Å². The Morgan fingerprint density at radius 2 is 0.700 bits per heavy atom. The zero-order chi connectivity index (χ0) is 58.0. The summed E-state index contributed by atoms with van der Waals surface area (Å²) in [6, 6.07) is 77.2. The van der Waals surface area contributed by atoms with Crippen LogP contribution in [-0.4, -0.2) is 0 Å². The van der Waals surface area contributed by atoms with Gasteiger partial charge in [-0.1, -0.05) is 222 Å². The summed E-state index contributed by atoms with van der Waals surface area (Å²) in [7, 11) is 0. The summed E-state index contributed by atoms with van der Waals surface area (Å²) >= 11 is 0. The van der Waals surface area contributed by atoms with Crippen molar-refractivity contribution in [3.05, 3.63) is 252 Å². The highest BCUT2D eigenvalue weighted by atomic mass is 16.5. The van der Waals surface area contributed by atoms with E-state index in [1.165, 1.54) is 164 Å². The molecule has 21 rings (SSSR count). The fraction of sp³-hybridized carbons (Fsp3) is 0.179. The second-order valence-electron chi connectivity index (χ2n) is 26.4. The topological polar surface area (TPSA) is 39.3 Å². The Hall–Kier alpha value is -10.2. The molecule has 6 heterocycles. The molecule has 0 saturated heterocycles. The molecule has 15 aromatic rings. The number of ether oxygens (including phenoxy) is 3. The molecule has 3 aliphatic carbocycles. The number of aromatic nitrogens is 3. The van der Waals surface area contributed by atoms with Crippen LogP contribution in [0.2, 0.25) is 0 Å². The molecule has 12 aromatic carbocycles. The number of fused-ring (bicyclic) bond motifs is 18. The molecule has 0 amide bonds. The number of hydrogen-bond acceptors (Lipinski definition) is 3. The van der Waals surface area contributed by atoms with E-state index < -0.39 is 0 Å². The van der Waals surface area contributed by atoms with Crippen LogP contribution >= 0.6 is 0 Å². The van der Waals surface area contributed by atoms with Crippen LogP contribution in [-0.2, 0) is 36.4 Å². The van der Waals surface area contributed by atoms with Crippen molar-refractivity contribution in [3.8, 4) is 51.0 Å². The maximum atomic E-state index is 6.39. The molecule has 0 N–H and O–H groups in total. The highest BCUT2D eigenvalue weighted by Crippen LogP contribution is 2.59. The van der Waals surface area contributed by atoms with Crippen LogP contribution in [0.15, 0.2) is 219 Å². The van der Waals surface area contributed by atoms with Gasteiger partial charge in [-0.3, -0.25) is 0 Å². The molecule has 6 aliphatic rings. The van der Waals surface area contributed by atoms with E-state index >= 15 is 0 Å². The fourth-order valence-electron chi connectivity index (χ4n) is 17.0. The SMILES string of the molecule is C.C.C.CC1(C)c2c3c(cc4ccccc24)OC[n+]2cc4c(ccc5ccccc54)c1c2-3.CC1(C)c2cc3c4ccccc4ccc3[n+]3c2-c2c(cc4ccccc4c21)OC3.CC1(C)c2cc3ccc4ccccc4c3[n+]3c2-c2c(cc4ccccc4c21)OC3. The maximum Gasteiger partial charge on any atom is 0.293 e. The van der Waals surface area contributed by atoms with E-state index in [4.69, 9.17) is 14.2 Å². The summed E-state index contributed by atoms with van der Waals surface area (Å²) in [5.74, 6) is 3.06. The molecular formula is C84H72N3O3+3. The van der Waals surface area contributed by atoms with Gasteiger partial charge < -0.3 is 14.2 Å². The summed E-state index contributed by atoms with van der Waals surface area (Å²) < 4.78 is 26.1. The molecule has 0 bridgehead atoms. The first-order valence-electron chi connectivity index (χ1n) is 30.7. The molecule has 0 radical (unpaired) electrons. The Morgan fingerprint density at radius 1 is 0.300 bits per heavy atom. The summed E-state index contributed by atoms with van der Waals surface area (Å²) in [5.41, 5.74) is 18.5. The van der Waals surface area contributed by atoms with Crippen molar-refractivity contribution in [2.24, 2.45) is 0 Å². The Morgan fingerprint density at radius 3 is 1.27 bits per heavy atom. The molecule has 3 aliphatic heterocycles. The van der Waals surface area contributed by atoms with Crippen LogP contribution < -0.4 is 27.9 Å². The second kappa shape index (κ2) is 19.2. The lowest BCUT2D eigenvalue weighted by Gasteiger charge is -2.23. The van der Waals surface area contributed by atoms with Crippen LogP contribution in [0.5, 0.6) is 17.2 Å². The van der Waals surface area contributed by atoms with Gasteiger partial charge >= 0.3 is 0 Å². The van der Waals surface area contributed by atoms with Gasteiger partial charge in [0.1, 0.15) is 17.2 Å². The van der Waals surface area contributed by atoms with Gasteiger partial charge in [0.15, 0.2) is 6.20 Å². The number of hydrogen-bond donors (Lipinski definition) is 0. The summed E-state index contributed by atoms with van der Waals surface area (Å²) in [6.45, 7) is 15.8. The molecule has 0 unspecified atom stereocenters. The zero-order valence-corrected chi connectivity index (χ0v) is 49.5. The summed E-state index contributed by atoms with van der Waals surface area (Å²) in [5, 5.41) is 20.7. The molecular weight excluding hydrogens is 1100 g/mol. The lowest BCUT2D eigenvalue weighted by molar-refractivity contribution is -0.716. The van der Waals surface area contributed by atoms with Crippen molar-refractivity contribution in [3.63, 3.8) is 0 Å². The fourth-order valence-corrected chi connectivity index (χ4v) is 17.0. The third-order valence-corrected chi connectivity index (χ3v) is 20.8. The largest absolute Gasteiger partial charge is 0.435 e. The average Bonchev–Trinajstić information content (AvgIpc) is 1.54. The molecule has 0 saturated carbocycles. The van der Waals surface area contributed by atoms with E-state index in [2.05, 4.69) is 274 Å². The maximum absolute atomic E-state index is 6.39. The predicted octanol–water partition coefficient (Wildman–Crippen LogP) is 20.2. The predicted molar refractivity (Wildman–Crippen MR) is 372 cm³/mol. The van der Waals surface area contributed by atoms with Crippen molar-refractivity contribution in [2.75, 3.05) is 0 Å². The van der Waals surface area contributed by atoms with Crippen molar-refractivity contribution in [1.82, 2.24) is 0 Å². The van der Waals surface area contributed by atoms with Gasteiger partial charge in [0.2, 0.25) is 28.1 Å². The van der Waals surface area contributed by atoms with Crippen LogP contribution in [0.1, 0.15) is 97.2 Å². The highest BCUT2D eigenvalue weighted by Gasteiger charge is 2.51. The standard InChI is InChI=1S/3C27H20NO.3CH4/c1-27(2)21-13-18-12-11-16-7-3-6-10-20(16)25(18)28-15-29-22-14-17-8-4-5-9-19(17)24(27)23(22)26(21)28;1-27(2)21-14-20-18-9-5-3-7-16(18)11-12-22(20)28-15-29-23-13-17-8-4-6-10-19(17)25(27)24(23)26(21)28;1-27(2)24-19-10-6-4-8-17(19)13-22-23(24)26-25(27)20-12-11-16-7-3-5-9-18(16)21(20)14-28(26)15-29-22;;;/h3*3-14H,15H2,1-2H3;3*1H4/q3*+1;;;. The molecule has 438 valence electrons. The molecule has 90 heavy (non-hydrogen) atoms. The van der Waals surface area contributed by atoms with Crippen molar-refractivity contribution < 1.29 is 27.9 Å². The minimum Gasteiger partial charge on any atom is -0.435 e. The number of nitrogens with zero attached hydrogens (tertiary/aromatic N) is 3. The van der Waals surface area contributed by atoms with Crippen molar-refractivity contribution in [2.45, 2.75) is 100 Å². The van der Waals surface area contributed by atoms with Gasteiger partial charge in [0.05, 0.1) is 32.8 Å². The van der Waals surface area contributed by atoms with E-state index in [0.29, 0.717) is 20.2 Å². The van der Waals surface area contributed by atoms with E-state index in [9.17, 15) is 0 Å². The Labute approximate surface area is 525 Å². The molecule has 0 spiro atoms. The smallest absolute Gasteiger partial charge is 0.293 e. The van der Waals surface area contributed by atoms with Crippen molar-refractivity contribution >= 4 is 97.2 Å². The zero-order valence-electron chi connectivity index (χ0n) is 49.5. The Kier molecular flexibility index (Phi) is 11.7. The third kappa shape index (κ3) is 7.13. The van der Waals surface area contributed by atoms with Crippen LogP contribution in [0.4, 0.5) is 0 Å². The number of benzene rings is 12. The third-order valence-electron chi connectivity index (χ3n) is 20.8. The lowest BCUT2D eigenvalue weighted by atomic mass is 9.78. The summed E-state index contributed by atoms with van der Waals surface area (Å²) in [6.07, 6.45) is 2.29. The van der Waals surface area contributed by atoms with E-state index in [-0.39, 0.29) is 38.5 Å². The van der Waals surface area contributed by atoms with E-state index in [0.717, 1.165) is 17.2 Å². The van der Waals surface area contributed by atoms with E-state index in [1.54, 1.807) is 0 Å². The number of rotatable bonds is 0. The van der Waals surface area contributed by atoms with Crippen molar-refractivity contribution in [1.29, 1.82) is 0 Å². The number of pyridine rings is 3. The van der Waals surface area contributed by atoms with Gasteiger partial charge in [-0.05, 0) is 130 Å². The Balaban J connectivity index is 0.000000106. The first-order chi connectivity index (χ1) is 42.4. The lowest BCUT2D eigenvalue weighted by Crippen LogP contribution is -2.43. The van der Waals surface area contributed by atoms with Gasteiger partial charge in [-0.25, -0.2) is 0 Å². The van der Waals surface area contributed by atoms with Gasteiger partial charge in [-0.2, -0.15) is 13.7 Å². The molecule has 0 fully saturated rings. The van der Waals surface area contributed by atoms with Crippen LogP contribution in [0, 0.1) is 0 Å². The van der Waals surface area contributed by atoms with E-state index in [1.807, 2.05) is 0 Å².